The highest BCUT2D eigenvalue weighted by Gasteiger charge is 2.10. The summed E-state index contributed by atoms with van der Waals surface area (Å²) >= 11 is 0. The molecule has 6 heteroatoms. The number of ether oxygens (including phenoxy) is 1. The molecule has 2 rings (SSSR count). The maximum absolute atomic E-state index is 11.8. The lowest BCUT2D eigenvalue weighted by atomic mass is 10.0. The Kier molecular flexibility index (Phi) is 5.32. The quantitative estimate of drug-likeness (QED) is 0.726. The van der Waals surface area contributed by atoms with Gasteiger partial charge in [0.2, 0.25) is 11.8 Å². The van der Waals surface area contributed by atoms with Crippen LogP contribution >= 0.6 is 0 Å². The maximum Gasteiger partial charge on any atom is 0.239 e. The Morgan fingerprint density at radius 1 is 1.09 bits per heavy atom. The fraction of sp³-hybridized carbons (Fsp3) is 0.250. The molecule has 2 amide bonds. The molecule has 0 radical (unpaired) electrons. The van der Waals surface area contributed by atoms with E-state index < -0.39 is 0 Å². The van der Waals surface area contributed by atoms with Crippen LogP contribution in [0, 0.1) is 0 Å². The molecule has 0 heterocycles. The first-order chi connectivity index (χ1) is 10.7. The van der Waals surface area contributed by atoms with Crippen molar-refractivity contribution in [1.29, 1.82) is 0 Å². The third kappa shape index (κ3) is 3.73. The molecule has 4 N–H and O–H groups in total. The number of carbonyl (C=O) groups is 2. The summed E-state index contributed by atoms with van der Waals surface area (Å²) in [6, 6.07) is 11.7. The second-order valence-corrected chi connectivity index (χ2v) is 4.73. The van der Waals surface area contributed by atoms with E-state index in [0.29, 0.717) is 12.3 Å². The van der Waals surface area contributed by atoms with Gasteiger partial charge in [0, 0.05) is 12.1 Å². The Bertz CT molecular complexity index is 685. The molecule has 0 saturated carbocycles. The minimum atomic E-state index is -0.363. The van der Waals surface area contributed by atoms with Crippen LogP contribution < -0.4 is 21.1 Å². The van der Waals surface area contributed by atoms with E-state index in [2.05, 4.69) is 10.6 Å². The van der Waals surface area contributed by atoms with Crippen molar-refractivity contribution in [2.45, 2.75) is 6.54 Å². The van der Waals surface area contributed by atoms with Crippen LogP contribution in [0.25, 0.3) is 10.8 Å². The number of rotatable bonds is 6. The van der Waals surface area contributed by atoms with Gasteiger partial charge < -0.3 is 21.1 Å². The van der Waals surface area contributed by atoms with Gasteiger partial charge in [0.1, 0.15) is 5.75 Å². The second kappa shape index (κ2) is 7.42. The number of nitrogens with one attached hydrogen (secondary N) is 2. The third-order valence-corrected chi connectivity index (χ3v) is 3.31. The lowest BCUT2D eigenvalue weighted by molar-refractivity contribution is -0.125. The molecule has 0 aliphatic carbocycles. The molecule has 0 spiro atoms. The molecule has 22 heavy (non-hydrogen) atoms. The second-order valence-electron chi connectivity index (χ2n) is 4.73. The Morgan fingerprint density at radius 3 is 2.59 bits per heavy atom. The lowest BCUT2D eigenvalue weighted by Crippen LogP contribution is -2.39. The molecule has 2 aromatic rings. The van der Waals surface area contributed by atoms with Crippen LogP contribution in [-0.4, -0.2) is 32.0 Å². The highest BCUT2D eigenvalue weighted by atomic mass is 16.5. The number of hydrogen-bond donors (Lipinski definition) is 3. The standard InChI is InChI=1S/C16H19N3O3/c1-22-14-7-6-11-4-2-3-5-12(11)13(14)9-18-16(21)10-19-15(20)8-17/h2-7H,8-10,17H2,1H3,(H,18,21)(H,19,20). The molecule has 0 aromatic heterocycles. The van der Waals surface area contributed by atoms with Crippen LogP contribution in [0.4, 0.5) is 0 Å². The van der Waals surface area contributed by atoms with Crippen molar-refractivity contribution in [3.63, 3.8) is 0 Å². The fourth-order valence-electron chi connectivity index (χ4n) is 2.19. The van der Waals surface area contributed by atoms with Gasteiger partial charge in [-0.1, -0.05) is 30.3 Å². The van der Waals surface area contributed by atoms with Crippen molar-refractivity contribution >= 4 is 22.6 Å². The average molecular weight is 301 g/mol. The van der Waals surface area contributed by atoms with E-state index in [0.717, 1.165) is 16.3 Å². The minimum absolute atomic E-state index is 0.0941. The van der Waals surface area contributed by atoms with Gasteiger partial charge in [0.25, 0.3) is 0 Å². The molecule has 6 nitrogen and oxygen atoms in total. The molecule has 0 aliphatic heterocycles. The zero-order valence-electron chi connectivity index (χ0n) is 12.4. The normalized spacial score (nSPS) is 10.3. The van der Waals surface area contributed by atoms with Crippen LogP contribution in [0.1, 0.15) is 5.56 Å². The summed E-state index contributed by atoms with van der Waals surface area (Å²) in [5, 5.41) is 7.29. The third-order valence-electron chi connectivity index (χ3n) is 3.31. The zero-order chi connectivity index (χ0) is 15.9. The first-order valence-corrected chi connectivity index (χ1v) is 6.93. The van der Waals surface area contributed by atoms with Gasteiger partial charge in [-0.2, -0.15) is 0 Å². The number of fused-ring (bicyclic) bond motifs is 1. The minimum Gasteiger partial charge on any atom is -0.496 e. The molecule has 0 unspecified atom stereocenters. The number of hydrogen-bond acceptors (Lipinski definition) is 4. The van der Waals surface area contributed by atoms with Gasteiger partial charge in [-0.25, -0.2) is 0 Å². The SMILES string of the molecule is COc1ccc2ccccc2c1CNC(=O)CNC(=O)CN. The Morgan fingerprint density at radius 2 is 1.86 bits per heavy atom. The zero-order valence-corrected chi connectivity index (χ0v) is 12.4. The summed E-state index contributed by atoms with van der Waals surface area (Å²) < 4.78 is 5.36. The summed E-state index contributed by atoms with van der Waals surface area (Å²) in [4.78, 5) is 22.8. The maximum atomic E-state index is 11.8. The Labute approximate surface area is 128 Å². The molecule has 0 atom stereocenters. The van der Waals surface area contributed by atoms with Crippen LogP contribution in [0.3, 0.4) is 0 Å². The Balaban J connectivity index is 2.10. The van der Waals surface area contributed by atoms with E-state index >= 15 is 0 Å². The fourth-order valence-corrected chi connectivity index (χ4v) is 2.19. The number of carbonyl (C=O) groups excluding carboxylic acids is 2. The van der Waals surface area contributed by atoms with Gasteiger partial charge in [0.15, 0.2) is 0 Å². The largest absolute Gasteiger partial charge is 0.496 e. The summed E-state index contributed by atoms with van der Waals surface area (Å²) in [7, 11) is 1.59. The van der Waals surface area contributed by atoms with Crippen LogP contribution in [0.2, 0.25) is 0 Å². The summed E-state index contributed by atoms with van der Waals surface area (Å²) in [6.07, 6.45) is 0. The van der Waals surface area contributed by atoms with Gasteiger partial charge >= 0.3 is 0 Å². The molecule has 0 fully saturated rings. The molecule has 0 aliphatic rings. The summed E-state index contributed by atoms with van der Waals surface area (Å²) in [5.41, 5.74) is 6.07. The molecule has 2 aromatic carbocycles. The number of nitrogens with two attached hydrogens (primary N) is 1. The molecule has 0 bridgehead atoms. The number of amides is 2. The van der Waals surface area contributed by atoms with Crippen LogP contribution in [0.5, 0.6) is 5.75 Å². The van der Waals surface area contributed by atoms with E-state index in [4.69, 9.17) is 10.5 Å². The number of methoxy groups -OCH3 is 1. The van der Waals surface area contributed by atoms with Gasteiger partial charge in [-0.15, -0.1) is 0 Å². The monoisotopic (exact) mass is 301 g/mol. The van der Waals surface area contributed by atoms with E-state index in [1.807, 2.05) is 36.4 Å². The van der Waals surface area contributed by atoms with Crippen LogP contribution in [-0.2, 0) is 16.1 Å². The highest BCUT2D eigenvalue weighted by molar-refractivity contribution is 5.89. The van der Waals surface area contributed by atoms with Crippen molar-refractivity contribution in [2.24, 2.45) is 5.73 Å². The summed E-state index contributed by atoms with van der Waals surface area (Å²) in [6.45, 7) is 0.0927. The first-order valence-electron chi connectivity index (χ1n) is 6.93. The van der Waals surface area contributed by atoms with Crippen LogP contribution in [0.15, 0.2) is 36.4 Å². The van der Waals surface area contributed by atoms with E-state index in [1.165, 1.54) is 0 Å². The van der Waals surface area contributed by atoms with Crippen molar-refractivity contribution in [3.8, 4) is 5.75 Å². The smallest absolute Gasteiger partial charge is 0.239 e. The highest BCUT2D eigenvalue weighted by Crippen LogP contribution is 2.27. The van der Waals surface area contributed by atoms with E-state index in [-0.39, 0.29) is 24.9 Å². The summed E-state index contributed by atoms with van der Waals surface area (Å²) in [5.74, 6) is 0.0691. The molecular formula is C16H19N3O3. The van der Waals surface area contributed by atoms with Crippen molar-refractivity contribution < 1.29 is 14.3 Å². The lowest BCUT2D eigenvalue weighted by Gasteiger charge is -2.13. The predicted octanol–water partition coefficient (Wildman–Crippen LogP) is 0.540. The van der Waals surface area contributed by atoms with E-state index in [1.54, 1.807) is 7.11 Å². The van der Waals surface area contributed by atoms with Gasteiger partial charge in [-0.05, 0) is 16.8 Å². The van der Waals surface area contributed by atoms with Gasteiger partial charge in [0.05, 0.1) is 20.2 Å². The molecule has 116 valence electrons. The first kappa shape index (κ1) is 15.8. The topological polar surface area (TPSA) is 93.5 Å². The van der Waals surface area contributed by atoms with Crippen molar-refractivity contribution in [3.05, 3.63) is 42.0 Å². The predicted molar refractivity (Wildman–Crippen MR) is 84.4 cm³/mol. The van der Waals surface area contributed by atoms with E-state index in [9.17, 15) is 9.59 Å². The molecular weight excluding hydrogens is 282 g/mol. The molecule has 0 saturated heterocycles. The number of benzene rings is 2. The van der Waals surface area contributed by atoms with Crippen molar-refractivity contribution in [2.75, 3.05) is 20.2 Å². The van der Waals surface area contributed by atoms with Gasteiger partial charge in [-0.3, -0.25) is 9.59 Å². The van der Waals surface area contributed by atoms with Crippen molar-refractivity contribution in [1.82, 2.24) is 10.6 Å². The average Bonchev–Trinajstić information content (AvgIpc) is 2.57. The Hall–Kier alpha value is -2.60.